The summed E-state index contributed by atoms with van der Waals surface area (Å²) < 4.78 is 33.7. The minimum Gasteiger partial charge on any atom is -0.399 e. The smallest absolute Gasteiger partial charge is 0.318 e. The number of primary amides is 1. The van der Waals surface area contributed by atoms with Crippen molar-refractivity contribution < 1.29 is 27.5 Å². The molecule has 1 fully saturated rings. The SMILES string of the molecule is CC(C)CN(C(CCCCNC(=O)[C@H](CC1=C2C=CC=CC2CC=C1)NC(=O)N1CCOCC1)C(N)=O)S(=O)(=O)c1ccc(N)cc1. The molecule has 13 heteroatoms. The van der Waals surface area contributed by atoms with E-state index in [9.17, 15) is 22.8 Å². The number of benzene rings is 1. The van der Waals surface area contributed by atoms with Gasteiger partial charge in [-0.2, -0.15) is 4.31 Å². The number of morpholine rings is 1. The van der Waals surface area contributed by atoms with Gasteiger partial charge >= 0.3 is 6.03 Å². The number of nitrogens with zero attached hydrogens (tertiary/aromatic N) is 2. The van der Waals surface area contributed by atoms with Gasteiger partial charge in [-0.3, -0.25) is 9.59 Å². The van der Waals surface area contributed by atoms with Gasteiger partial charge in [0.1, 0.15) is 12.1 Å². The van der Waals surface area contributed by atoms with Gasteiger partial charge in [-0.25, -0.2) is 13.2 Å². The van der Waals surface area contributed by atoms with Crippen LogP contribution in [0.15, 0.2) is 76.8 Å². The summed E-state index contributed by atoms with van der Waals surface area (Å²) in [6.45, 7) is 5.92. The van der Waals surface area contributed by atoms with Crippen molar-refractivity contribution in [1.29, 1.82) is 0 Å². The van der Waals surface area contributed by atoms with Crippen LogP contribution in [0.25, 0.3) is 0 Å². The highest BCUT2D eigenvalue weighted by Crippen LogP contribution is 2.32. The van der Waals surface area contributed by atoms with Crippen LogP contribution >= 0.6 is 0 Å². The molecule has 0 radical (unpaired) electrons. The molecule has 0 aromatic heterocycles. The van der Waals surface area contributed by atoms with Crippen molar-refractivity contribution in [1.82, 2.24) is 19.8 Å². The maximum absolute atomic E-state index is 13.6. The molecule has 0 saturated carbocycles. The molecule has 1 saturated heterocycles. The Morgan fingerprint density at radius 2 is 1.79 bits per heavy atom. The standard InChI is InChI=1S/C34H48N6O6S/c1-24(2)23-40(47(44,45)28-15-13-27(35)14-16-28)31(32(36)41)12-5-6-17-37-33(42)30(38-34(43)39-18-20-46-21-19-39)22-26-10-7-9-25-8-3-4-11-29(25)26/h3-4,7-8,10-11,13-16,24-25,30-31H,5-6,9,12,17-23,35H2,1-2H3,(H2,36,41)(H,37,42)(H,38,43)/t25?,30-,31?/m0/s1. The van der Waals surface area contributed by atoms with E-state index in [-0.39, 0.29) is 48.2 Å². The van der Waals surface area contributed by atoms with Gasteiger partial charge in [0.2, 0.25) is 21.8 Å². The molecule has 0 spiro atoms. The van der Waals surface area contributed by atoms with Crippen LogP contribution in [0.4, 0.5) is 10.5 Å². The Morgan fingerprint density at radius 3 is 2.47 bits per heavy atom. The molecule has 2 unspecified atom stereocenters. The Morgan fingerprint density at radius 1 is 1.06 bits per heavy atom. The number of amides is 4. The number of nitrogens with one attached hydrogen (secondary N) is 2. The first kappa shape index (κ1) is 35.9. The summed E-state index contributed by atoms with van der Waals surface area (Å²) in [5.41, 5.74) is 14.1. The van der Waals surface area contributed by atoms with Crippen LogP contribution in [-0.4, -0.2) is 86.9 Å². The number of carbonyl (C=O) groups excluding carboxylic acids is 3. The minimum atomic E-state index is -4.03. The zero-order valence-electron chi connectivity index (χ0n) is 27.3. The summed E-state index contributed by atoms with van der Waals surface area (Å²) in [6.07, 6.45) is 14.6. The summed E-state index contributed by atoms with van der Waals surface area (Å²) in [6, 6.07) is 3.66. The number of sulfonamides is 1. The monoisotopic (exact) mass is 668 g/mol. The average molecular weight is 669 g/mol. The van der Waals surface area contributed by atoms with Crippen molar-refractivity contribution in [2.45, 2.75) is 62.9 Å². The number of hydrogen-bond acceptors (Lipinski definition) is 7. The second kappa shape index (κ2) is 16.8. The zero-order chi connectivity index (χ0) is 34.0. The summed E-state index contributed by atoms with van der Waals surface area (Å²) in [5.74, 6) is -0.866. The van der Waals surface area contributed by atoms with Crippen LogP contribution in [0.1, 0.15) is 46.0 Å². The van der Waals surface area contributed by atoms with Crippen LogP contribution in [-0.2, 0) is 24.3 Å². The first-order valence-electron chi connectivity index (χ1n) is 16.3. The quantitative estimate of drug-likeness (QED) is 0.164. The Labute approximate surface area is 278 Å². The van der Waals surface area contributed by atoms with Gasteiger partial charge in [-0.15, -0.1) is 0 Å². The van der Waals surface area contributed by atoms with E-state index in [1.54, 1.807) is 4.90 Å². The van der Waals surface area contributed by atoms with E-state index in [0.29, 0.717) is 51.3 Å². The van der Waals surface area contributed by atoms with E-state index in [2.05, 4.69) is 28.9 Å². The molecule has 6 N–H and O–H groups in total. The average Bonchev–Trinajstić information content (AvgIpc) is 3.05. The van der Waals surface area contributed by atoms with Crippen molar-refractivity contribution in [3.8, 4) is 0 Å². The van der Waals surface area contributed by atoms with E-state index < -0.39 is 28.0 Å². The number of nitrogens with two attached hydrogens (primary N) is 2. The third-order valence-electron chi connectivity index (χ3n) is 8.46. The largest absolute Gasteiger partial charge is 0.399 e. The van der Waals surface area contributed by atoms with Crippen molar-refractivity contribution >= 4 is 33.6 Å². The van der Waals surface area contributed by atoms with Gasteiger partial charge in [-0.1, -0.05) is 50.3 Å². The third-order valence-corrected chi connectivity index (χ3v) is 10.3. The highest BCUT2D eigenvalue weighted by Gasteiger charge is 2.35. The molecule has 1 aromatic carbocycles. The third kappa shape index (κ3) is 9.78. The maximum atomic E-state index is 13.6. The van der Waals surface area contributed by atoms with Crippen LogP contribution < -0.4 is 22.1 Å². The van der Waals surface area contributed by atoms with Gasteiger partial charge in [0.15, 0.2) is 0 Å². The zero-order valence-corrected chi connectivity index (χ0v) is 28.1. The van der Waals surface area contributed by atoms with Crippen LogP contribution in [0.3, 0.4) is 0 Å². The molecule has 1 aliphatic heterocycles. The van der Waals surface area contributed by atoms with Crippen molar-refractivity contribution in [2.24, 2.45) is 17.6 Å². The Hall–Kier alpha value is -3.94. The number of hydrogen-bond donors (Lipinski definition) is 4. The second-order valence-corrected chi connectivity index (χ2v) is 14.4. The lowest BCUT2D eigenvalue weighted by atomic mass is 9.82. The van der Waals surface area contributed by atoms with E-state index in [1.165, 1.54) is 28.6 Å². The van der Waals surface area contributed by atoms with E-state index in [1.807, 2.05) is 32.1 Å². The van der Waals surface area contributed by atoms with Crippen molar-refractivity contribution in [3.63, 3.8) is 0 Å². The molecule has 4 rings (SSSR count). The summed E-state index contributed by atoms with van der Waals surface area (Å²) >= 11 is 0. The molecule has 2 aliphatic carbocycles. The predicted octanol–water partition coefficient (Wildman–Crippen LogP) is 2.86. The number of rotatable bonds is 15. The molecule has 1 aromatic rings. The number of ether oxygens (including phenoxy) is 1. The van der Waals surface area contributed by atoms with E-state index in [0.717, 1.165) is 17.6 Å². The molecule has 47 heavy (non-hydrogen) atoms. The predicted molar refractivity (Wildman–Crippen MR) is 181 cm³/mol. The van der Waals surface area contributed by atoms with Crippen LogP contribution in [0.2, 0.25) is 0 Å². The normalized spacial score (nSPS) is 19.1. The van der Waals surface area contributed by atoms with Gasteiger partial charge in [0, 0.05) is 44.2 Å². The lowest BCUT2D eigenvalue weighted by Crippen LogP contribution is -2.53. The highest BCUT2D eigenvalue weighted by atomic mass is 32.2. The molecule has 4 amide bonds. The molecule has 1 heterocycles. The fraction of sp³-hybridized carbons (Fsp3) is 0.500. The van der Waals surface area contributed by atoms with Gasteiger partial charge in [-0.05, 0) is 67.0 Å². The lowest BCUT2D eigenvalue weighted by molar-refractivity contribution is -0.123. The lowest BCUT2D eigenvalue weighted by Gasteiger charge is -2.30. The van der Waals surface area contributed by atoms with Gasteiger partial charge in [0.25, 0.3) is 0 Å². The van der Waals surface area contributed by atoms with E-state index in [4.69, 9.17) is 16.2 Å². The molecule has 0 bridgehead atoms. The number of carbonyl (C=O) groups is 3. The highest BCUT2D eigenvalue weighted by molar-refractivity contribution is 7.89. The number of nitrogen functional groups attached to an aromatic ring is 1. The molecular weight excluding hydrogens is 620 g/mol. The summed E-state index contributed by atoms with van der Waals surface area (Å²) in [5, 5.41) is 5.88. The summed E-state index contributed by atoms with van der Waals surface area (Å²) in [7, 11) is -4.03. The first-order chi connectivity index (χ1) is 22.5. The summed E-state index contributed by atoms with van der Waals surface area (Å²) in [4.78, 5) is 40.9. The van der Waals surface area contributed by atoms with Crippen LogP contribution in [0, 0.1) is 11.8 Å². The van der Waals surface area contributed by atoms with Gasteiger partial charge < -0.3 is 31.7 Å². The fourth-order valence-electron chi connectivity index (χ4n) is 5.96. The van der Waals surface area contributed by atoms with Crippen molar-refractivity contribution in [2.75, 3.05) is 45.1 Å². The maximum Gasteiger partial charge on any atom is 0.318 e. The second-order valence-electron chi connectivity index (χ2n) is 12.5. The van der Waals surface area contributed by atoms with Gasteiger partial charge in [0.05, 0.1) is 18.1 Å². The molecular formula is C34H48N6O6S. The number of urea groups is 1. The van der Waals surface area contributed by atoms with Crippen LogP contribution in [0.5, 0.6) is 0 Å². The fourth-order valence-corrected chi connectivity index (χ4v) is 7.75. The molecule has 256 valence electrons. The van der Waals surface area contributed by atoms with E-state index >= 15 is 0 Å². The number of allylic oxidation sites excluding steroid dienone is 7. The number of fused-ring (bicyclic) bond motifs is 1. The molecule has 12 nitrogen and oxygen atoms in total. The number of unbranched alkanes of at least 4 members (excludes halogenated alkanes) is 1. The first-order valence-corrected chi connectivity index (χ1v) is 17.7. The minimum absolute atomic E-state index is 0.0333. The Balaban J connectivity index is 1.40. The Kier molecular flexibility index (Phi) is 12.8. The molecule has 3 atom stereocenters. The van der Waals surface area contributed by atoms with Crippen molar-refractivity contribution in [3.05, 3.63) is 71.9 Å². The topological polar surface area (TPSA) is 177 Å². The number of anilines is 1. The molecule has 3 aliphatic rings. The Bertz CT molecular complexity index is 1490.